The number of pyridine rings is 1. The van der Waals surface area contributed by atoms with Crippen LogP contribution in [0.3, 0.4) is 0 Å². The van der Waals surface area contributed by atoms with Gasteiger partial charge in [-0.05, 0) is 18.6 Å². The van der Waals surface area contributed by atoms with Gasteiger partial charge in [0.15, 0.2) is 0 Å². The van der Waals surface area contributed by atoms with Crippen LogP contribution in [0.2, 0.25) is 0 Å². The fraction of sp³-hybridized carbons (Fsp3) is 0.300. The Morgan fingerprint density at radius 3 is 2.33 bits per heavy atom. The van der Waals surface area contributed by atoms with Gasteiger partial charge in [0.1, 0.15) is 0 Å². The van der Waals surface area contributed by atoms with Crippen LogP contribution in [0.15, 0.2) is 25.0 Å². The van der Waals surface area contributed by atoms with Crippen LogP contribution in [0.4, 0.5) is 0 Å². The molecule has 0 amide bonds. The zero-order valence-electron chi connectivity index (χ0n) is 7.96. The third-order valence-corrected chi connectivity index (χ3v) is 1.25. The van der Waals surface area contributed by atoms with Crippen LogP contribution in [0, 0.1) is 6.92 Å². The predicted molar refractivity (Wildman–Crippen MR) is 53.5 cm³/mol. The van der Waals surface area contributed by atoms with Crippen molar-refractivity contribution in [2.45, 2.75) is 20.8 Å². The van der Waals surface area contributed by atoms with Crippen LogP contribution in [0.1, 0.15) is 25.0 Å². The normalized spacial score (nSPS) is 8.25. The Bertz CT molecular complexity index is 254. The van der Waals surface area contributed by atoms with E-state index in [0.717, 1.165) is 11.1 Å². The number of nitrogens with zero attached hydrogens (tertiary/aromatic N) is 1. The molecule has 2 nitrogen and oxygen atoms in total. The van der Waals surface area contributed by atoms with Gasteiger partial charge in [0.05, 0.1) is 0 Å². The molecule has 0 aliphatic rings. The average molecular weight is 164 g/mol. The second-order valence-electron chi connectivity index (χ2n) is 2.28. The first-order valence-electron chi connectivity index (χ1n) is 4.06. The quantitative estimate of drug-likeness (QED) is 0.692. The highest BCUT2D eigenvalue weighted by atomic mass is 14.6. The molecule has 1 aromatic rings. The zero-order valence-corrected chi connectivity index (χ0v) is 7.96. The van der Waals surface area contributed by atoms with Crippen LogP contribution >= 0.6 is 0 Å². The summed E-state index contributed by atoms with van der Waals surface area (Å²) in [5.41, 5.74) is 8.02. The highest BCUT2D eigenvalue weighted by Crippen LogP contribution is 2.05. The van der Waals surface area contributed by atoms with E-state index in [0.29, 0.717) is 5.70 Å². The van der Waals surface area contributed by atoms with Crippen molar-refractivity contribution in [3.8, 4) is 0 Å². The summed E-state index contributed by atoms with van der Waals surface area (Å²) in [5.74, 6) is 0. The first-order valence-corrected chi connectivity index (χ1v) is 4.06. The summed E-state index contributed by atoms with van der Waals surface area (Å²) < 4.78 is 0. The van der Waals surface area contributed by atoms with Gasteiger partial charge in [-0.3, -0.25) is 4.98 Å². The summed E-state index contributed by atoms with van der Waals surface area (Å²) in [4.78, 5) is 3.96. The lowest BCUT2D eigenvalue weighted by molar-refractivity contribution is 1.25. The lowest BCUT2D eigenvalue weighted by Crippen LogP contribution is -1.94. The second-order valence-corrected chi connectivity index (χ2v) is 2.28. The van der Waals surface area contributed by atoms with Crippen LogP contribution in [0.5, 0.6) is 0 Å². The molecule has 0 unspecified atom stereocenters. The summed E-state index contributed by atoms with van der Waals surface area (Å²) in [6.45, 7) is 9.58. The van der Waals surface area contributed by atoms with Gasteiger partial charge in [-0.25, -0.2) is 0 Å². The van der Waals surface area contributed by atoms with Crippen molar-refractivity contribution < 1.29 is 0 Å². The van der Waals surface area contributed by atoms with Crippen molar-refractivity contribution in [1.29, 1.82) is 0 Å². The molecule has 1 aromatic heterocycles. The lowest BCUT2D eigenvalue weighted by Gasteiger charge is -1.98. The van der Waals surface area contributed by atoms with Gasteiger partial charge in [-0.2, -0.15) is 0 Å². The minimum atomic E-state index is 0.566. The Hall–Kier alpha value is -1.31. The molecule has 2 heteroatoms. The molecule has 1 rings (SSSR count). The SMILES string of the molecule is C=C(N)c1cncc(C)c1.CC. The van der Waals surface area contributed by atoms with Crippen molar-refractivity contribution in [3.63, 3.8) is 0 Å². The molecule has 66 valence electrons. The van der Waals surface area contributed by atoms with E-state index >= 15 is 0 Å². The van der Waals surface area contributed by atoms with Crippen LogP contribution in [0.25, 0.3) is 5.70 Å². The van der Waals surface area contributed by atoms with Crippen molar-refractivity contribution in [3.05, 3.63) is 36.2 Å². The molecular weight excluding hydrogens is 148 g/mol. The Morgan fingerprint density at radius 1 is 1.42 bits per heavy atom. The molecule has 0 spiro atoms. The van der Waals surface area contributed by atoms with Crippen LogP contribution < -0.4 is 5.73 Å². The zero-order chi connectivity index (χ0) is 9.56. The molecule has 0 saturated carbocycles. The third-order valence-electron chi connectivity index (χ3n) is 1.25. The second kappa shape index (κ2) is 5.35. The van der Waals surface area contributed by atoms with E-state index in [4.69, 9.17) is 5.73 Å². The fourth-order valence-electron chi connectivity index (χ4n) is 0.731. The molecule has 0 aromatic carbocycles. The molecular formula is C10H16N2. The van der Waals surface area contributed by atoms with E-state index in [1.165, 1.54) is 0 Å². The van der Waals surface area contributed by atoms with Crippen molar-refractivity contribution in [2.24, 2.45) is 5.73 Å². The van der Waals surface area contributed by atoms with Crippen LogP contribution in [-0.2, 0) is 0 Å². The summed E-state index contributed by atoms with van der Waals surface area (Å²) in [7, 11) is 0. The maximum Gasteiger partial charge on any atom is 0.0360 e. The van der Waals surface area contributed by atoms with Gasteiger partial charge in [0.25, 0.3) is 0 Å². The van der Waals surface area contributed by atoms with E-state index < -0.39 is 0 Å². The van der Waals surface area contributed by atoms with Gasteiger partial charge >= 0.3 is 0 Å². The monoisotopic (exact) mass is 164 g/mol. The molecule has 0 bridgehead atoms. The number of aromatic nitrogens is 1. The maximum absolute atomic E-state index is 5.45. The molecule has 0 aliphatic heterocycles. The van der Waals surface area contributed by atoms with E-state index in [1.54, 1.807) is 12.4 Å². The maximum atomic E-state index is 5.45. The van der Waals surface area contributed by atoms with E-state index in [-0.39, 0.29) is 0 Å². The number of nitrogens with two attached hydrogens (primary N) is 1. The fourth-order valence-corrected chi connectivity index (χ4v) is 0.731. The van der Waals surface area contributed by atoms with Gasteiger partial charge in [-0.15, -0.1) is 0 Å². The minimum absolute atomic E-state index is 0.566. The first-order chi connectivity index (χ1) is 5.70. The first kappa shape index (κ1) is 10.7. The standard InChI is InChI=1S/C8H10N2.C2H6/c1-6-3-8(7(2)9)5-10-4-6;1-2/h3-5H,2,9H2,1H3;1-2H3. The lowest BCUT2D eigenvalue weighted by atomic mass is 10.2. The minimum Gasteiger partial charge on any atom is -0.399 e. The highest BCUT2D eigenvalue weighted by Gasteiger charge is 1.92. The average Bonchev–Trinajstić information content (AvgIpc) is 2.08. The largest absolute Gasteiger partial charge is 0.399 e. The van der Waals surface area contributed by atoms with Crippen LogP contribution in [-0.4, -0.2) is 4.98 Å². The summed E-state index contributed by atoms with van der Waals surface area (Å²) in [5, 5.41) is 0. The van der Waals surface area contributed by atoms with Crippen molar-refractivity contribution >= 4 is 5.70 Å². The Morgan fingerprint density at radius 2 is 2.00 bits per heavy atom. The summed E-state index contributed by atoms with van der Waals surface area (Å²) in [6, 6.07) is 1.95. The Kier molecular flexibility index (Phi) is 4.77. The molecule has 0 fully saturated rings. The molecule has 1 heterocycles. The Labute approximate surface area is 74.1 Å². The third kappa shape index (κ3) is 3.19. The molecule has 2 N–H and O–H groups in total. The molecule has 12 heavy (non-hydrogen) atoms. The van der Waals surface area contributed by atoms with E-state index in [2.05, 4.69) is 11.6 Å². The van der Waals surface area contributed by atoms with Gasteiger partial charge in [0, 0.05) is 23.7 Å². The van der Waals surface area contributed by atoms with E-state index in [9.17, 15) is 0 Å². The predicted octanol–water partition coefficient (Wildman–Crippen LogP) is 2.35. The number of hydrogen-bond acceptors (Lipinski definition) is 2. The summed E-state index contributed by atoms with van der Waals surface area (Å²) in [6.07, 6.45) is 3.49. The van der Waals surface area contributed by atoms with Gasteiger partial charge < -0.3 is 5.73 Å². The van der Waals surface area contributed by atoms with Gasteiger partial charge in [0.2, 0.25) is 0 Å². The smallest absolute Gasteiger partial charge is 0.0360 e. The highest BCUT2D eigenvalue weighted by molar-refractivity contribution is 5.59. The van der Waals surface area contributed by atoms with Gasteiger partial charge in [-0.1, -0.05) is 20.4 Å². The number of hydrogen-bond donors (Lipinski definition) is 1. The number of aryl methyl sites for hydroxylation is 1. The number of rotatable bonds is 1. The van der Waals surface area contributed by atoms with E-state index in [1.807, 2.05) is 26.8 Å². The molecule has 0 radical (unpaired) electrons. The summed E-state index contributed by atoms with van der Waals surface area (Å²) >= 11 is 0. The molecule has 0 aliphatic carbocycles. The topological polar surface area (TPSA) is 38.9 Å². The van der Waals surface area contributed by atoms with Crippen molar-refractivity contribution in [2.75, 3.05) is 0 Å². The molecule has 0 saturated heterocycles. The van der Waals surface area contributed by atoms with Crippen molar-refractivity contribution in [1.82, 2.24) is 4.98 Å². The molecule has 0 atom stereocenters. The Balaban J connectivity index is 0.000000561.